The van der Waals surface area contributed by atoms with E-state index in [4.69, 9.17) is 9.73 Å². The highest BCUT2D eigenvalue weighted by atomic mass is 32.2. The zero-order valence-corrected chi connectivity index (χ0v) is 21.1. The predicted octanol–water partition coefficient (Wildman–Crippen LogP) is 3.72. The van der Waals surface area contributed by atoms with Gasteiger partial charge in [0, 0.05) is 30.3 Å². The van der Waals surface area contributed by atoms with Crippen LogP contribution in [0.15, 0.2) is 58.5 Å². The Hall–Kier alpha value is -3.66. The van der Waals surface area contributed by atoms with E-state index >= 15 is 0 Å². The number of carbonyl (C=O) groups excluding carboxylic acids is 3. The van der Waals surface area contributed by atoms with Gasteiger partial charge in [-0.3, -0.25) is 19.3 Å². The van der Waals surface area contributed by atoms with E-state index in [1.807, 2.05) is 24.3 Å². The number of methoxy groups -OCH3 is 1. The lowest BCUT2D eigenvalue weighted by atomic mass is 10.1. The number of unbranched alkanes of at least 4 members (excludes halogenated alkanes) is 1. The van der Waals surface area contributed by atoms with Gasteiger partial charge in [0.15, 0.2) is 5.17 Å². The van der Waals surface area contributed by atoms with Crippen LogP contribution >= 0.6 is 11.8 Å². The summed E-state index contributed by atoms with van der Waals surface area (Å²) in [5.74, 6) is 0.624. The molecule has 0 saturated heterocycles. The Kier molecular flexibility index (Phi) is 8.37. The summed E-state index contributed by atoms with van der Waals surface area (Å²) < 4.78 is 5.21. The van der Waals surface area contributed by atoms with Crippen molar-refractivity contribution in [3.05, 3.63) is 54.1 Å². The first-order valence-electron chi connectivity index (χ1n) is 11.9. The number of benzene rings is 2. The number of nitrogens with one attached hydrogen (secondary N) is 2. The molecule has 0 saturated carbocycles. The fraction of sp³-hybridized carbons (Fsp3) is 0.346. The number of hydrogen-bond acceptors (Lipinski definition) is 7. The van der Waals surface area contributed by atoms with Crippen LogP contribution in [0.25, 0.3) is 0 Å². The van der Waals surface area contributed by atoms with Gasteiger partial charge in [-0.25, -0.2) is 4.99 Å². The van der Waals surface area contributed by atoms with Crippen molar-refractivity contribution < 1.29 is 19.1 Å². The molecule has 0 aromatic heterocycles. The van der Waals surface area contributed by atoms with Gasteiger partial charge in [0.25, 0.3) is 5.91 Å². The van der Waals surface area contributed by atoms with Crippen molar-refractivity contribution in [2.45, 2.75) is 38.6 Å². The molecule has 0 radical (unpaired) electrons. The maximum Gasteiger partial charge on any atom is 0.270 e. The molecule has 9 nitrogen and oxygen atoms in total. The van der Waals surface area contributed by atoms with E-state index in [0.717, 1.165) is 18.4 Å². The molecule has 0 spiro atoms. The SMILES string of the molecule is CCCCNC(=O)CCC1C(=O)N=C2c3ccccc3N=C(SCC(=O)Nc3cccc(OC)c3)N21. The van der Waals surface area contributed by atoms with Crippen LogP contribution < -0.4 is 15.4 Å². The summed E-state index contributed by atoms with van der Waals surface area (Å²) in [4.78, 5) is 48.7. The van der Waals surface area contributed by atoms with Gasteiger partial charge in [0.1, 0.15) is 17.6 Å². The number of aliphatic imine (C=N–C) groups is 2. The van der Waals surface area contributed by atoms with E-state index in [1.165, 1.54) is 11.8 Å². The third-order valence-corrected chi connectivity index (χ3v) is 6.74. The van der Waals surface area contributed by atoms with E-state index in [0.29, 0.717) is 41.1 Å². The Morgan fingerprint density at radius 2 is 1.94 bits per heavy atom. The molecule has 2 heterocycles. The molecule has 2 aromatic rings. The van der Waals surface area contributed by atoms with Crippen molar-refractivity contribution in [2.24, 2.45) is 9.98 Å². The third kappa shape index (κ3) is 5.93. The summed E-state index contributed by atoms with van der Waals surface area (Å²) in [6.45, 7) is 2.68. The number of carbonyl (C=O) groups is 3. The van der Waals surface area contributed by atoms with Crippen LogP contribution in [0.3, 0.4) is 0 Å². The minimum Gasteiger partial charge on any atom is -0.497 e. The normalized spacial score (nSPS) is 16.0. The van der Waals surface area contributed by atoms with Gasteiger partial charge in [0.2, 0.25) is 11.8 Å². The quantitative estimate of drug-likeness (QED) is 0.474. The van der Waals surface area contributed by atoms with Gasteiger partial charge in [0.05, 0.1) is 18.6 Å². The standard InChI is InChI=1S/C26H29N5O4S/c1-3-4-14-27-22(32)13-12-21-25(34)30-24-19-10-5-6-11-20(19)29-26(31(21)24)36-16-23(33)28-17-8-7-9-18(15-17)35-2/h5-11,15,21H,3-4,12-14,16H2,1-2H3,(H,27,32)(H,28,33). The van der Waals surface area contributed by atoms with Crippen molar-refractivity contribution in [1.29, 1.82) is 0 Å². The van der Waals surface area contributed by atoms with Crippen molar-refractivity contribution in [3.8, 4) is 5.75 Å². The molecular formula is C26H29N5O4S. The highest BCUT2D eigenvalue weighted by Crippen LogP contribution is 2.35. The van der Waals surface area contributed by atoms with E-state index in [1.54, 1.807) is 36.3 Å². The van der Waals surface area contributed by atoms with Crippen LogP contribution in [-0.2, 0) is 14.4 Å². The molecule has 188 valence electrons. The van der Waals surface area contributed by atoms with Crippen LogP contribution in [0.1, 0.15) is 38.2 Å². The minimum atomic E-state index is -0.641. The Balaban J connectivity index is 1.47. The second kappa shape index (κ2) is 11.9. The van der Waals surface area contributed by atoms with Crippen LogP contribution in [0, 0.1) is 0 Å². The molecule has 36 heavy (non-hydrogen) atoms. The van der Waals surface area contributed by atoms with Crippen LogP contribution in [-0.4, -0.2) is 59.1 Å². The molecule has 1 unspecified atom stereocenters. The molecule has 0 aliphatic carbocycles. The van der Waals surface area contributed by atoms with Crippen molar-refractivity contribution >= 4 is 51.9 Å². The Labute approximate surface area is 214 Å². The summed E-state index contributed by atoms with van der Waals surface area (Å²) in [5.41, 5.74) is 2.07. The Morgan fingerprint density at radius 3 is 2.75 bits per heavy atom. The highest BCUT2D eigenvalue weighted by Gasteiger charge is 2.41. The fourth-order valence-electron chi connectivity index (χ4n) is 3.97. The van der Waals surface area contributed by atoms with Gasteiger partial charge in [-0.15, -0.1) is 0 Å². The van der Waals surface area contributed by atoms with E-state index in [9.17, 15) is 14.4 Å². The summed E-state index contributed by atoms with van der Waals surface area (Å²) in [6.07, 6.45) is 2.42. The Bertz CT molecular complexity index is 1210. The summed E-state index contributed by atoms with van der Waals surface area (Å²) in [5, 5.41) is 6.25. The largest absolute Gasteiger partial charge is 0.497 e. The first kappa shape index (κ1) is 25.4. The number of amides is 3. The number of anilines is 1. The molecule has 3 amide bonds. The number of nitrogens with zero attached hydrogens (tertiary/aromatic N) is 3. The average Bonchev–Trinajstić information content (AvgIpc) is 3.22. The van der Waals surface area contributed by atoms with Gasteiger partial charge in [-0.1, -0.05) is 43.3 Å². The van der Waals surface area contributed by atoms with Gasteiger partial charge in [-0.05, 0) is 37.1 Å². The highest BCUT2D eigenvalue weighted by molar-refractivity contribution is 8.14. The minimum absolute atomic E-state index is 0.0837. The molecule has 10 heteroatoms. The monoisotopic (exact) mass is 507 g/mol. The Morgan fingerprint density at radius 1 is 1.11 bits per heavy atom. The topological polar surface area (TPSA) is 112 Å². The summed E-state index contributed by atoms with van der Waals surface area (Å²) in [6, 6.07) is 13.9. The lowest BCUT2D eigenvalue weighted by molar-refractivity contribution is -0.122. The summed E-state index contributed by atoms with van der Waals surface area (Å²) >= 11 is 1.23. The molecule has 2 N–H and O–H groups in total. The molecule has 2 aromatic carbocycles. The molecule has 4 rings (SSSR count). The lowest BCUT2D eigenvalue weighted by Gasteiger charge is -2.31. The fourth-order valence-corrected chi connectivity index (χ4v) is 4.81. The number of hydrogen-bond donors (Lipinski definition) is 2. The second-order valence-corrected chi connectivity index (χ2v) is 9.32. The molecule has 2 aliphatic heterocycles. The number of para-hydroxylation sites is 1. The number of fused-ring (bicyclic) bond motifs is 3. The van der Waals surface area contributed by atoms with Crippen LogP contribution in [0.2, 0.25) is 0 Å². The number of amidine groups is 2. The van der Waals surface area contributed by atoms with E-state index < -0.39 is 6.04 Å². The number of ether oxygens (including phenoxy) is 1. The van der Waals surface area contributed by atoms with Crippen molar-refractivity contribution in [3.63, 3.8) is 0 Å². The molecule has 0 bridgehead atoms. The predicted molar refractivity (Wildman–Crippen MR) is 142 cm³/mol. The van der Waals surface area contributed by atoms with Crippen molar-refractivity contribution in [2.75, 3.05) is 24.7 Å². The second-order valence-electron chi connectivity index (χ2n) is 8.38. The van der Waals surface area contributed by atoms with Crippen LogP contribution in [0.5, 0.6) is 5.75 Å². The third-order valence-electron chi connectivity index (χ3n) is 5.79. The zero-order valence-electron chi connectivity index (χ0n) is 20.3. The first-order chi connectivity index (χ1) is 17.5. The maximum absolute atomic E-state index is 12.9. The van der Waals surface area contributed by atoms with Gasteiger partial charge >= 0.3 is 0 Å². The first-order valence-corrected chi connectivity index (χ1v) is 12.9. The lowest BCUT2D eigenvalue weighted by Crippen LogP contribution is -2.44. The van der Waals surface area contributed by atoms with Gasteiger partial charge < -0.3 is 15.4 Å². The van der Waals surface area contributed by atoms with Crippen LogP contribution in [0.4, 0.5) is 11.4 Å². The molecule has 1 atom stereocenters. The van der Waals surface area contributed by atoms with Crippen molar-refractivity contribution in [1.82, 2.24) is 10.2 Å². The zero-order chi connectivity index (χ0) is 25.5. The maximum atomic E-state index is 12.9. The number of rotatable bonds is 10. The smallest absolute Gasteiger partial charge is 0.270 e. The van der Waals surface area contributed by atoms with E-state index in [-0.39, 0.29) is 29.9 Å². The summed E-state index contributed by atoms with van der Waals surface area (Å²) in [7, 11) is 1.57. The molecular weight excluding hydrogens is 478 g/mol. The molecule has 2 aliphatic rings. The molecule has 0 fully saturated rings. The van der Waals surface area contributed by atoms with Gasteiger partial charge in [-0.2, -0.15) is 4.99 Å². The number of thioether (sulfide) groups is 1. The average molecular weight is 508 g/mol. The van der Waals surface area contributed by atoms with E-state index in [2.05, 4.69) is 22.5 Å².